The van der Waals surface area contributed by atoms with Gasteiger partial charge < -0.3 is 10.8 Å². The minimum Gasteiger partial charge on any atom is -0.393 e. The molecule has 7 heteroatoms. The molecule has 0 saturated heterocycles. The molecular formula is C26H25N5OS. The number of rotatable bonds is 4. The number of aliphatic hydroxyl groups is 1. The Labute approximate surface area is 195 Å². The Balaban J connectivity index is 1.54. The van der Waals surface area contributed by atoms with E-state index in [1.807, 2.05) is 16.8 Å². The second-order valence-electron chi connectivity index (χ2n) is 9.36. The lowest BCUT2D eigenvalue weighted by molar-refractivity contribution is 0.0209. The van der Waals surface area contributed by atoms with E-state index in [1.165, 1.54) is 0 Å². The number of nitrogens with zero attached hydrogens (tertiary/aromatic N) is 4. The standard InChI is InChI=1S/C26H25N5OS/c1-15(2)22-10-23-28-13-18-9-21(17-7-8-33-14-17)24(29-25(18)31(23)30-22)16-3-5-19(6-4-16)26(27)11-20(32)12-26/h3-10,13-15,20,32H,11-12,27H2,1-2H3. The number of aliphatic hydroxyl groups excluding tert-OH is 1. The van der Waals surface area contributed by atoms with E-state index < -0.39 is 5.54 Å². The molecule has 4 heterocycles. The predicted molar refractivity (Wildman–Crippen MR) is 132 cm³/mol. The number of hydrogen-bond donors (Lipinski definition) is 2. The number of benzene rings is 1. The molecule has 0 bridgehead atoms. The summed E-state index contributed by atoms with van der Waals surface area (Å²) in [5.41, 5.74) is 13.8. The van der Waals surface area contributed by atoms with Gasteiger partial charge in [0.05, 0.1) is 17.5 Å². The lowest BCUT2D eigenvalue weighted by Gasteiger charge is -2.42. The average molecular weight is 456 g/mol. The van der Waals surface area contributed by atoms with Gasteiger partial charge in [-0.05, 0) is 52.8 Å². The Kier molecular flexibility index (Phi) is 4.62. The third-order valence-corrected chi connectivity index (χ3v) is 7.32. The lowest BCUT2D eigenvalue weighted by atomic mass is 9.70. The summed E-state index contributed by atoms with van der Waals surface area (Å²) in [6.07, 6.45) is 2.78. The van der Waals surface area contributed by atoms with Crippen molar-refractivity contribution in [3.05, 3.63) is 70.7 Å². The van der Waals surface area contributed by atoms with Gasteiger partial charge in [-0.3, -0.25) is 0 Å². The van der Waals surface area contributed by atoms with Crippen LogP contribution in [0.3, 0.4) is 0 Å². The van der Waals surface area contributed by atoms with Gasteiger partial charge in [0.15, 0.2) is 11.3 Å². The monoisotopic (exact) mass is 455 g/mol. The fraction of sp³-hybridized carbons (Fsp3) is 0.269. The van der Waals surface area contributed by atoms with Gasteiger partial charge in [-0.15, -0.1) is 0 Å². The summed E-state index contributed by atoms with van der Waals surface area (Å²) < 4.78 is 1.85. The predicted octanol–water partition coefficient (Wildman–Crippen LogP) is 5.11. The van der Waals surface area contributed by atoms with Crippen molar-refractivity contribution >= 4 is 28.0 Å². The molecule has 6 nitrogen and oxygen atoms in total. The van der Waals surface area contributed by atoms with Crippen LogP contribution in [0.15, 0.2) is 59.4 Å². The zero-order valence-electron chi connectivity index (χ0n) is 18.6. The highest BCUT2D eigenvalue weighted by Crippen LogP contribution is 2.40. The summed E-state index contributed by atoms with van der Waals surface area (Å²) in [5.74, 6) is 0.312. The Bertz CT molecular complexity index is 1460. The molecule has 1 fully saturated rings. The van der Waals surface area contributed by atoms with Crippen LogP contribution in [0.5, 0.6) is 0 Å². The van der Waals surface area contributed by atoms with Crippen LogP contribution < -0.4 is 5.73 Å². The van der Waals surface area contributed by atoms with Crippen LogP contribution in [0.4, 0.5) is 0 Å². The maximum absolute atomic E-state index is 9.74. The van der Waals surface area contributed by atoms with Crippen molar-refractivity contribution in [2.24, 2.45) is 5.73 Å². The molecule has 166 valence electrons. The van der Waals surface area contributed by atoms with Crippen molar-refractivity contribution < 1.29 is 5.11 Å². The fourth-order valence-electron chi connectivity index (χ4n) is 4.67. The van der Waals surface area contributed by atoms with Gasteiger partial charge in [0.25, 0.3) is 0 Å². The van der Waals surface area contributed by atoms with E-state index in [0.717, 1.165) is 50.3 Å². The summed E-state index contributed by atoms with van der Waals surface area (Å²) in [6, 6.07) is 14.6. The SMILES string of the molecule is CC(C)c1cc2ncc3cc(-c4ccsc4)c(-c4ccc(C5(N)CC(O)C5)cc4)nc3n2n1. The Morgan fingerprint density at radius 3 is 2.58 bits per heavy atom. The molecule has 33 heavy (non-hydrogen) atoms. The van der Waals surface area contributed by atoms with Crippen LogP contribution in [0.1, 0.15) is 43.9 Å². The molecule has 1 saturated carbocycles. The van der Waals surface area contributed by atoms with Crippen LogP contribution >= 0.6 is 11.3 Å². The van der Waals surface area contributed by atoms with Gasteiger partial charge in [0.2, 0.25) is 0 Å². The summed E-state index contributed by atoms with van der Waals surface area (Å²) >= 11 is 1.67. The fourth-order valence-corrected chi connectivity index (χ4v) is 5.33. The smallest absolute Gasteiger partial charge is 0.165 e. The van der Waals surface area contributed by atoms with Gasteiger partial charge in [-0.1, -0.05) is 38.1 Å². The van der Waals surface area contributed by atoms with Gasteiger partial charge in [0, 0.05) is 34.3 Å². The van der Waals surface area contributed by atoms with Crippen LogP contribution in [0, 0.1) is 0 Å². The first-order chi connectivity index (χ1) is 15.9. The summed E-state index contributed by atoms with van der Waals surface area (Å²) in [7, 11) is 0. The zero-order valence-corrected chi connectivity index (χ0v) is 19.4. The van der Waals surface area contributed by atoms with E-state index in [-0.39, 0.29) is 6.10 Å². The zero-order chi connectivity index (χ0) is 22.7. The number of aromatic nitrogens is 4. The maximum Gasteiger partial charge on any atom is 0.165 e. The third-order valence-electron chi connectivity index (χ3n) is 6.63. The first kappa shape index (κ1) is 20.5. The van der Waals surface area contributed by atoms with E-state index >= 15 is 0 Å². The highest BCUT2D eigenvalue weighted by atomic mass is 32.1. The van der Waals surface area contributed by atoms with Crippen molar-refractivity contribution in [2.75, 3.05) is 0 Å². The molecule has 0 spiro atoms. The van der Waals surface area contributed by atoms with Gasteiger partial charge in [-0.25, -0.2) is 9.97 Å². The number of fused-ring (bicyclic) bond motifs is 3. The lowest BCUT2D eigenvalue weighted by Crippen LogP contribution is -2.51. The van der Waals surface area contributed by atoms with Crippen LogP contribution in [0.25, 0.3) is 39.1 Å². The number of thiophene rings is 1. The van der Waals surface area contributed by atoms with Crippen molar-refractivity contribution in [1.29, 1.82) is 0 Å². The van der Waals surface area contributed by atoms with E-state index in [0.29, 0.717) is 18.8 Å². The molecule has 0 radical (unpaired) electrons. The van der Waals surface area contributed by atoms with E-state index in [4.69, 9.17) is 15.8 Å². The topological polar surface area (TPSA) is 89.3 Å². The van der Waals surface area contributed by atoms with Gasteiger partial charge in [0.1, 0.15) is 0 Å². The number of pyridine rings is 1. The first-order valence-corrected chi connectivity index (χ1v) is 12.2. The molecule has 3 N–H and O–H groups in total. The molecule has 1 aliphatic carbocycles. The van der Waals surface area contributed by atoms with E-state index in [9.17, 15) is 5.11 Å². The minimum absolute atomic E-state index is 0.303. The highest BCUT2D eigenvalue weighted by Gasteiger charge is 2.41. The molecule has 0 unspecified atom stereocenters. The second-order valence-corrected chi connectivity index (χ2v) is 10.1. The Morgan fingerprint density at radius 2 is 1.91 bits per heavy atom. The average Bonchev–Trinajstić information content (AvgIpc) is 3.47. The van der Waals surface area contributed by atoms with Gasteiger partial charge in [-0.2, -0.15) is 21.0 Å². The van der Waals surface area contributed by atoms with Crippen LogP contribution in [-0.4, -0.2) is 30.8 Å². The van der Waals surface area contributed by atoms with Crippen molar-refractivity contribution in [2.45, 2.75) is 44.2 Å². The van der Waals surface area contributed by atoms with E-state index in [1.54, 1.807) is 11.3 Å². The summed E-state index contributed by atoms with van der Waals surface area (Å²) in [4.78, 5) is 9.76. The van der Waals surface area contributed by atoms with E-state index in [2.05, 4.69) is 66.0 Å². The minimum atomic E-state index is -0.439. The molecule has 0 atom stereocenters. The first-order valence-electron chi connectivity index (χ1n) is 11.2. The molecular weight excluding hydrogens is 430 g/mol. The number of nitrogens with two attached hydrogens (primary N) is 1. The molecule has 0 amide bonds. The third kappa shape index (κ3) is 3.35. The molecule has 1 aliphatic rings. The quantitative estimate of drug-likeness (QED) is 0.393. The highest BCUT2D eigenvalue weighted by molar-refractivity contribution is 7.08. The molecule has 4 aromatic heterocycles. The van der Waals surface area contributed by atoms with Crippen molar-refractivity contribution in [3.8, 4) is 22.4 Å². The molecule has 6 rings (SSSR count). The largest absolute Gasteiger partial charge is 0.393 e. The van der Waals surface area contributed by atoms with Gasteiger partial charge >= 0.3 is 0 Å². The van der Waals surface area contributed by atoms with Crippen molar-refractivity contribution in [3.63, 3.8) is 0 Å². The Hall–Kier alpha value is -3.13. The maximum atomic E-state index is 9.74. The van der Waals surface area contributed by atoms with Crippen LogP contribution in [-0.2, 0) is 5.54 Å². The van der Waals surface area contributed by atoms with Crippen molar-refractivity contribution in [1.82, 2.24) is 19.6 Å². The normalized spacial score (nSPS) is 20.6. The molecule has 5 aromatic rings. The number of hydrogen-bond acceptors (Lipinski definition) is 6. The molecule has 1 aromatic carbocycles. The molecule has 0 aliphatic heterocycles. The second kappa shape index (κ2) is 7.45. The summed E-state index contributed by atoms with van der Waals surface area (Å²) in [6.45, 7) is 4.26. The summed E-state index contributed by atoms with van der Waals surface area (Å²) in [5, 5.41) is 19.7. The Morgan fingerprint density at radius 1 is 1.12 bits per heavy atom. The van der Waals surface area contributed by atoms with Crippen LogP contribution in [0.2, 0.25) is 0 Å².